The maximum Gasteiger partial charge on any atom is 0.161 e. The van der Waals surface area contributed by atoms with Crippen molar-refractivity contribution in [2.75, 3.05) is 5.73 Å². The average Bonchev–Trinajstić information content (AvgIpc) is 2.55. The van der Waals surface area contributed by atoms with E-state index < -0.39 is 0 Å². The standard InChI is InChI=1S/C10H14N4/c1-6(2)10-13-12-9-5-4-8(11)7(3)14(9)10/h4-6H,11H2,1-3H3. The lowest BCUT2D eigenvalue weighted by Gasteiger charge is -2.07. The van der Waals surface area contributed by atoms with Gasteiger partial charge in [-0.15, -0.1) is 10.2 Å². The van der Waals surface area contributed by atoms with Crippen molar-refractivity contribution in [1.29, 1.82) is 0 Å². The first-order valence-electron chi connectivity index (χ1n) is 4.71. The molecule has 0 aliphatic rings. The second-order valence-corrected chi connectivity index (χ2v) is 3.78. The van der Waals surface area contributed by atoms with E-state index in [4.69, 9.17) is 5.73 Å². The molecular weight excluding hydrogens is 176 g/mol. The number of hydrogen-bond donors (Lipinski definition) is 1. The Morgan fingerprint density at radius 2 is 2.00 bits per heavy atom. The van der Waals surface area contributed by atoms with Crippen molar-refractivity contribution in [1.82, 2.24) is 14.6 Å². The van der Waals surface area contributed by atoms with Gasteiger partial charge in [0.1, 0.15) is 5.82 Å². The normalized spacial score (nSPS) is 11.4. The van der Waals surface area contributed by atoms with E-state index in [0.717, 1.165) is 22.9 Å². The van der Waals surface area contributed by atoms with Crippen LogP contribution in [-0.4, -0.2) is 14.6 Å². The first-order valence-corrected chi connectivity index (χ1v) is 4.71. The van der Waals surface area contributed by atoms with Crippen LogP contribution >= 0.6 is 0 Å². The second-order valence-electron chi connectivity index (χ2n) is 3.78. The summed E-state index contributed by atoms with van der Waals surface area (Å²) in [6.07, 6.45) is 0. The van der Waals surface area contributed by atoms with E-state index in [1.54, 1.807) is 0 Å². The summed E-state index contributed by atoms with van der Waals surface area (Å²) in [5, 5.41) is 8.25. The molecule has 0 saturated carbocycles. The molecule has 4 nitrogen and oxygen atoms in total. The highest BCUT2D eigenvalue weighted by Gasteiger charge is 2.11. The van der Waals surface area contributed by atoms with Crippen LogP contribution in [0.4, 0.5) is 5.69 Å². The number of fused-ring (bicyclic) bond motifs is 1. The minimum Gasteiger partial charge on any atom is -0.397 e. The third kappa shape index (κ3) is 1.14. The summed E-state index contributed by atoms with van der Waals surface area (Å²) in [6.45, 7) is 6.18. The summed E-state index contributed by atoms with van der Waals surface area (Å²) in [5.74, 6) is 1.32. The molecule has 0 bridgehead atoms. The van der Waals surface area contributed by atoms with Gasteiger partial charge in [-0.1, -0.05) is 13.8 Å². The number of hydrogen-bond acceptors (Lipinski definition) is 3. The Kier molecular flexibility index (Phi) is 1.91. The van der Waals surface area contributed by atoms with E-state index in [0.29, 0.717) is 5.92 Å². The topological polar surface area (TPSA) is 56.2 Å². The highest BCUT2D eigenvalue weighted by Crippen LogP contribution is 2.19. The van der Waals surface area contributed by atoms with Gasteiger partial charge in [0, 0.05) is 11.6 Å². The molecule has 2 heterocycles. The fourth-order valence-corrected chi connectivity index (χ4v) is 1.55. The third-order valence-corrected chi connectivity index (χ3v) is 2.39. The van der Waals surface area contributed by atoms with Crippen molar-refractivity contribution in [3.8, 4) is 0 Å². The first kappa shape index (κ1) is 8.99. The molecule has 0 unspecified atom stereocenters. The van der Waals surface area contributed by atoms with Crippen molar-refractivity contribution in [2.24, 2.45) is 0 Å². The van der Waals surface area contributed by atoms with Gasteiger partial charge in [-0.3, -0.25) is 4.40 Å². The maximum absolute atomic E-state index is 5.84. The molecule has 2 aromatic rings. The summed E-state index contributed by atoms with van der Waals surface area (Å²) in [5.41, 5.74) is 8.49. The number of nitrogens with two attached hydrogens (primary N) is 1. The van der Waals surface area contributed by atoms with E-state index in [2.05, 4.69) is 24.0 Å². The van der Waals surface area contributed by atoms with Crippen LogP contribution in [0.1, 0.15) is 31.3 Å². The zero-order valence-electron chi connectivity index (χ0n) is 8.65. The van der Waals surface area contributed by atoms with Gasteiger partial charge in [-0.25, -0.2) is 0 Å². The molecule has 2 aromatic heterocycles. The lowest BCUT2D eigenvalue weighted by Crippen LogP contribution is -2.03. The molecular formula is C10H14N4. The number of nitrogens with zero attached hydrogens (tertiary/aromatic N) is 3. The molecule has 2 N–H and O–H groups in total. The predicted molar refractivity (Wildman–Crippen MR) is 56.2 cm³/mol. The number of anilines is 1. The van der Waals surface area contributed by atoms with Gasteiger partial charge in [0.25, 0.3) is 0 Å². The van der Waals surface area contributed by atoms with E-state index >= 15 is 0 Å². The molecule has 0 atom stereocenters. The van der Waals surface area contributed by atoms with Crippen LogP contribution in [0.25, 0.3) is 5.65 Å². The maximum atomic E-state index is 5.84. The Labute approximate surface area is 82.8 Å². The summed E-state index contributed by atoms with van der Waals surface area (Å²) >= 11 is 0. The van der Waals surface area contributed by atoms with E-state index in [9.17, 15) is 0 Å². The Morgan fingerprint density at radius 1 is 1.29 bits per heavy atom. The molecule has 0 radical (unpaired) electrons. The van der Waals surface area contributed by atoms with E-state index in [1.165, 1.54) is 0 Å². The SMILES string of the molecule is Cc1c(N)ccc2nnc(C(C)C)n12. The van der Waals surface area contributed by atoms with Crippen LogP contribution in [0.2, 0.25) is 0 Å². The van der Waals surface area contributed by atoms with Crippen LogP contribution < -0.4 is 5.73 Å². The van der Waals surface area contributed by atoms with Crippen LogP contribution in [-0.2, 0) is 0 Å². The monoisotopic (exact) mass is 190 g/mol. The number of pyridine rings is 1. The highest BCUT2D eigenvalue weighted by atomic mass is 15.3. The summed E-state index contributed by atoms with van der Waals surface area (Å²) in [6, 6.07) is 3.75. The highest BCUT2D eigenvalue weighted by molar-refractivity contribution is 5.52. The molecule has 0 aliphatic carbocycles. The zero-order chi connectivity index (χ0) is 10.3. The van der Waals surface area contributed by atoms with Crippen molar-refractivity contribution >= 4 is 11.3 Å². The smallest absolute Gasteiger partial charge is 0.161 e. The van der Waals surface area contributed by atoms with Gasteiger partial charge in [0.05, 0.1) is 5.69 Å². The van der Waals surface area contributed by atoms with E-state index in [1.807, 2.05) is 23.5 Å². The van der Waals surface area contributed by atoms with Gasteiger partial charge in [0.15, 0.2) is 5.65 Å². The summed E-state index contributed by atoms with van der Waals surface area (Å²) in [7, 11) is 0. The molecule has 74 valence electrons. The fourth-order valence-electron chi connectivity index (χ4n) is 1.55. The first-order chi connectivity index (χ1) is 6.61. The quantitative estimate of drug-likeness (QED) is 0.745. The lowest BCUT2D eigenvalue weighted by atomic mass is 10.2. The van der Waals surface area contributed by atoms with Crippen molar-refractivity contribution in [3.63, 3.8) is 0 Å². The number of rotatable bonds is 1. The predicted octanol–water partition coefficient (Wildman–Crippen LogP) is 1.74. The Bertz CT molecular complexity index is 470. The Hall–Kier alpha value is -1.58. The minimum absolute atomic E-state index is 0.352. The van der Waals surface area contributed by atoms with Gasteiger partial charge >= 0.3 is 0 Å². The Morgan fingerprint density at radius 3 is 2.64 bits per heavy atom. The van der Waals surface area contributed by atoms with Gasteiger partial charge in [0.2, 0.25) is 0 Å². The largest absolute Gasteiger partial charge is 0.397 e. The summed E-state index contributed by atoms with van der Waals surface area (Å²) < 4.78 is 2.01. The number of aryl methyl sites for hydroxylation is 1. The number of aromatic nitrogens is 3. The van der Waals surface area contributed by atoms with Crippen molar-refractivity contribution < 1.29 is 0 Å². The molecule has 4 heteroatoms. The van der Waals surface area contributed by atoms with Crippen LogP contribution in [0.5, 0.6) is 0 Å². The summed E-state index contributed by atoms with van der Waals surface area (Å²) in [4.78, 5) is 0. The number of nitrogen functional groups attached to an aromatic ring is 1. The molecule has 0 aliphatic heterocycles. The van der Waals surface area contributed by atoms with Gasteiger partial charge in [-0.2, -0.15) is 0 Å². The van der Waals surface area contributed by atoms with Crippen LogP contribution in [0, 0.1) is 6.92 Å². The zero-order valence-corrected chi connectivity index (χ0v) is 8.65. The second kappa shape index (κ2) is 2.97. The minimum atomic E-state index is 0.352. The van der Waals surface area contributed by atoms with Gasteiger partial charge < -0.3 is 5.73 Å². The fraction of sp³-hybridized carbons (Fsp3) is 0.400. The van der Waals surface area contributed by atoms with Crippen molar-refractivity contribution in [2.45, 2.75) is 26.7 Å². The molecule has 0 saturated heterocycles. The average molecular weight is 190 g/mol. The molecule has 0 spiro atoms. The lowest BCUT2D eigenvalue weighted by molar-refractivity contribution is 0.753. The Balaban J connectivity index is 2.82. The molecule has 14 heavy (non-hydrogen) atoms. The van der Waals surface area contributed by atoms with E-state index in [-0.39, 0.29) is 0 Å². The molecule has 0 aromatic carbocycles. The third-order valence-electron chi connectivity index (χ3n) is 2.39. The van der Waals surface area contributed by atoms with Gasteiger partial charge in [-0.05, 0) is 19.1 Å². The van der Waals surface area contributed by atoms with Crippen LogP contribution in [0.15, 0.2) is 12.1 Å². The molecule has 2 rings (SSSR count). The van der Waals surface area contributed by atoms with Crippen LogP contribution in [0.3, 0.4) is 0 Å². The molecule has 0 fully saturated rings. The van der Waals surface area contributed by atoms with Crippen molar-refractivity contribution in [3.05, 3.63) is 23.7 Å². The molecule has 0 amide bonds.